The third kappa shape index (κ3) is 5.75. The molecular weight excluding hydrogens is 536 g/mol. The number of aliphatic carboxylic acids is 2. The van der Waals surface area contributed by atoms with Gasteiger partial charge < -0.3 is 29.8 Å². The van der Waals surface area contributed by atoms with Crippen LogP contribution in [-0.4, -0.2) is 21.9 Å². The van der Waals surface area contributed by atoms with Crippen molar-refractivity contribution in [1.29, 1.82) is 0 Å². The van der Waals surface area contributed by atoms with E-state index < -0.39 is 11.9 Å². The monoisotopic (exact) mass is 562 g/mol. The zero-order valence-electron chi connectivity index (χ0n) is 22.1. The molecule has 8 bridgehead atoms. The normalized spacial score (nSPS) is 12.8. The van der Waals surface area contributed by atoms with Gasteiger partial charge in [0.25, 0.3) is 0 Å². The molecule has 3 aromatic rings. The molecule has 0 radical (unpaired) electrons. The first-order chi connectivity index (χ1) is 18.1. The molecule has 8 nitrogen and oxygen atoms in total. The molecule has 2 aliphatic rings. The SMILES string of the molecule is CC1=Cc2cc3[n-]c(cc4nc(cc5[n-]c(cc1n2)cc5C)C(C)=C4CCC(=O)[O-])c(CCC(=O)[O-])c3C.[Fe]. The molecular formula is C30H26FeN4O4-4. The minimum Gasteiger partial charge on any atom is -0.658 e. The number of hydrogen-bond acceptors (Lipinski definition) is 6. The Morgan fingerprint density at radius 1 is 0.769 bits per heavy atom. The molecule has 0 saturated carbocycles. The van der Waals surface area contributed by atoms with E-state index in [0.717, 1.165) is 55.8 Å². The number of rotatable bonds is 6. The van der Waals surface area contributed by atoms with Crippen LogP contribution in [0, 0.1) is 13.8 Å². The molecule has 202 valence electrons. The van der Waals surface area contributed by atoms with Gasteiger partial charge in [0, 0.05) is 29.0 Å². The van der Waals surface area contributed by atoms with Crippen molar-refractivity contribution in [2.24, 2.45) is 0 Å². The Hall–Kier alpha value is -3.94. The van der Waals surface area contributed by atoms with E-state index in [1.165, 1.54) is 0 Å². The van der Waals surface area contributed by atoms with Crippen LogP contribution in [-0.2, 0) is 33.1 Å². The molecule has 5 rings (SSSR count). The number of carbonyl (C=O) groups excluding carboxylic acids is 2. The average Bonchev–Trinajstić information content (AvgIpc) is 3.53. The van der Waals surface area contributed by atoms with Gasteiger partial charge in [-0.1, -0.05) is 47.0 Å². The maximum absolute atomic E-state index is 11.3. The standard InChI is InChI=1S/C30H30N4O4.Fe/c1-15-9-20-12-25-17(3)21(5-7-29(35)36)27(33-25)14-28-22(6-8-30(37)38)18(4)26(34-28)13-24-16(2)10-19(32-24)11-23(15)31-20;/h9-14H,5-8H2,1-4H3,(H4,31,32,33,34,35,36,37,38);/p-4. The molecule has 0 amide bonds. The van der Waals surface area contributed by atoms with Crippen LogP contribution in [0.5, 0.6) is 0 Å². The van der Waals surface area contributed by atoms with Gasteiger partial charge >= 0.3 is 0 Å². The van der Waals surface area contributed by atoms with Crippen LogP contribution in [0.2, 0.25) is 0 Å². The summed E-state index contributed by atoms with van der Waals surface area (Å²) in [5.74, 6) is -2.28. The molecule has 39 heavy (non-hydrogen) atoms. The number of nitrogens with zero attached hydrogens (tertiary/aromatic N) is 4. The van der Waals surface area contributed by atoms with E-state index >= 15 is 0 Å². The van der Waals surface area contributed by atoms with Crippen LogP contribution in [0.4, 0.5) is 0 Å². The van der Waals surface area contributed by atoms with Gasteiger partial charge in [-0.3, -0.25) is 0 Å². The Morgan fingerprint density at radius 3 is 2.18 bits per heavy atom. The zero-order chi connectivity index (χ0) is 27.1. The molecule has 0 aromatic carbocycles. The second kappa shape index (κ2) is 11.0. The number of carboxylic acids is 2. The Morgan fingerprint density at radius 2 is 1.46 bits per heavy atom. The minimum absolute atomic E-state index is 0. The molecule has 3 aromatic heterocycles. The van der Waals surface area contributed by atoms with Crippen LogP contribution >= 0.6 is 0 Å². The van der Waals surface area contributed by atoms with Gasteiger partial charge in [0.2, 0.25) is 0 Å². The predicted octanol–water partition coefficient (Wildman–Crippen LogP) is 2.89. The van der Waals surface area contributed by atoms with E-state index in [-0.39, 0.29) is 42.8 Å². The van der Waals surface area contributed by atoms with Gasteiger partial charge in [-0.05, 0) is 76.2 Å². The number of hydrogen-bond donors (Lipinski definition) is 0. The Labute approximate surface area is 236 Å². The fourth-order valence-corrected chi connectivity index (χ4v) is 4.95. The molecule has 0 spiro atoms. The fraction of sp³-hybridized carbons (Fsp3) is 0.267. The van der Waals surface area contributed by atoms with E-state index in [9.17, 15) is 19.8 Å². The van der Waals surface area contributed by atoms with Gasteiger partial charge in [-0.2, -0.15) is 0 Å². The van der Waals surface area contributed by atoms with Crippen molar-refractivity contribution < 1.29 is 36.9 Å². The third-order valence-corrected chi connectivity index (χ3v) is 7.08. The van der Waals surface area contributed by atoms with Crippen molar-refractivity contribution >= 4 is 56.8 Å². The van der Waals surface area contributed by atoms with E-state index in [1.54, 1.807) is 0 Å². The van der Waals surface area contributed by atoms with Gasteiger partial charge in [0.05, 0.1) is 22.8 Å². The van der Waals surface area contributed by atoms with Crippen molar-refractivity contribution in [2.45, 2.75) is 53.4 Å². The Balaban J connectivity index is 0.00000353. The number of aromatic nitrogens is 4. The fourth-order valence-electron chi connectivity index (χ4n) is 4.95. The summed E-state index contributed by atoms with van der Waals surface area (Å²) < 4.78 is 0. The topological polar surface area (TPSA) is 134 Å². The summed E-state index contributed by atoms with van der Waals surface area (Å²) in [7, 11) is 0. The summed E-state index contributed by atoms with van der Waals surface area (Å²) in [6.45, 7) is 7.81. The van der Waals surface area contributed by atoms with Crippen molar-refractivity contribution in [3.63, 3.8) is 0 Å². The van der Waals surface area contributed by atoms with E-state index in [1.807, 2.05) is 64.1 Å². The summed E-state index contributed by atoms with van der Waals surface area (Å²) in [6, 6.07) is 9.56. The number of fused-ring (bicyclic) bond motifs is 8. The van der Waals surface area contributed by atoms with Crippen LogP contribution in [0.15, 0.2) is 30.3 Å². The van der Waals surface area contributed by atoms with Gasteiger partial charge in [0.15, 0.2) is 0 Å². The van der Waals surface area contributed by atoms with E-state index in [2.05, 4.69) is 0 Å². The quantitative estimate of drug-likeness (QED) is 0.419. The minimum atomic E-state index is -1.14. The predicted molar refractivity (Wildman–Crippen MR) is 142 cm³/mol. The van der Waals surface area contributed by atoms with Crippen LogP contribution < -0.4 is 20.2 Å². The summed E-state index contributed by atoms with van der Waals surface area (Å²) >= 11 is 0. The summed E-state index contributed by atoms with van der Waals surface area (Å²) in [4.78, 5) is 41.8. The second-order valence-electron chi connectivity index (χ2n) is 9.79. The molecule has 2 aliphatic heterocycles. The molecule has 0 atom stereocenters. The van der Waals surface area contributed by atoms with Crippen LogP contribution in [0.1, 0.15) is 72.6 Å². The summed E-state index contributed by atoms with van der Waals surface area (Å²) in [5, 5.41) is 22.6. The molecule has 0 N–H and O–H groups in total. The van der Waals surface area contributed by atoms with E-state index in [0.29, 0.717) is 22.4 Å². The zero-order valence-corrected chi connectivity index (χ0v) is 23.2. The maximum atomic E-state index is 11.3. The Kier molecular flexibility index (Phi) is 7.95. The molecule has 0 aliphatic carbocycles. The number of carboxylic acid groups (broad SMARTS) is 2. The average molecular weight is 562 g/mol. The van der Waals surface area contributed by atoms with Gasteiger partial charge in [0.1, 0.15) is 0 Å². The van der Waals surface area contributed by atoms with Crippen molar-refractivity contribution in [2.75, 3.05) is 0 Å². The van der Waals surface area contributed by atoms with E-state index in [4.69, 9.17) is 19.9 Å². The molecule has 0 fully saturated rings. The molecule has 5 heterocycles. The summed E-state index contributed by atoms with van der Waals surface area (Å²) in [5.41, 5.74) is 11.0. The van der Waals surface area contributed by atoms with Crippen molar-refractivity contribution in [3.05, 3.63) is 69.8 Å². The van der Waals surface area contributed by atoms with Gasteiger partial charge in [-0.25, -0.2) is 9.97 Å². The number of carbonyl (C=O) groups is 2. The molecule has 0 unspecified atom stereocenters. The first-order valence-electron chi connectivity index (χ1n) is 12.5. The van der Waals surface area contributed by atoms with Crippen molar-refractivity contribution in [1.82, 2.24) is 19.9 Å². The second-order valence-corrected chi connectivity index (χ2v) is 9.79. The van der Waals surface area contributed by atoms with Crippen molar-refractivity contribution in [3.8, 4) is 0 Å². The summed E-state index contributed by atoms with van der Waals surface area (Å²) in [6.07, 6.45) is 2.19. The Bertz CT molecular complexity index is 1730. The first-order valence-corrected chi connectivity index (χ1v) is 12.5. The molecule has 9 heteroatoms. The van der Waals surface area contributed by atoms with Crippen LogP contribution in [0.3, 0.4) is 0 Å². The maximum Gasteiger partial charge on any atom is 0.0660 e. The largest absolute Gasteiger partial charge is 0.658 e. The molecule has 0 saturated heterocycles. The smallest absolute Gasteiger partial charge is 0.0660 e. The van der Waals surface area contributed by atoms with Gasteiger partial charge in [-0.15, -0.1) is 22.1 Å². The third-order valence-electron chi connectivity index (χ3n) is 7.08. The number of aryl methyl sites for hydroxylation is 3. The van der Waals surface area contributed by atoms with Crippen LogP contribution in [0.25, 0.3) is 44.9 Å². The first kappa shape index (κ1) is 28.1. The number of allylic oxidation sites excluding steroid dienone is 3.